The second kappa shape index (κ2) is 27.4. The van der Waals surface area contributed by atoms with Gasteiger partial charge in [0.2, 0.25) is 5.78 Å². The molecule has 3 amide bonds. The molecule has 8 rings (SSSR count). The van der Waals surface area contributed by atoms with E-state index in [-0.39, 0.29) is 55.7 Å². The van der Waals surface area contributed by atoms with Crippen LogP contribution in [0.3, 0.4) is 0 Å². The molecular weight excluding hydrogens is 1070 g/mol. The van der Waals surface area contributed by atoms with Gasteiger partial charge in [0.25, 0.3) is 0 Å². The van der Waals surface area contributed by atoms with E-state index in [0.717, 1.165) is 28.1 Å². The number of morpholine rings is 3. The number of carbonyl (C=O) groups excluding carboxylic acids is 4. The molecule has 6 atom stereocenters. The van der Waals surface area contributed by atoms with Gasteiger partial charge in [-0.3, -0.25) is 28.9 Å². The number of halogens is 3. The maximum absolute atomic E-state index is 12.9. The third kappa shape index (κ3) is 19.3. The van der Waals surface area contributed by atoms with E-state index in [2.05, 4.69) is 16.1 Å². The molecule has 0 saturated carbocycles. The minimum absolute atomic E-state index is 0.0796. The van der Waals surface area contributed by atoms with E-state index in [1.807, 2.05) is 135 Å². The topological polar surface area (TPSA) is 169 Å². The maximum atomic E-state index is 12.9. The summed E-state index contributed by atoms with van der Waals surface area (Å²) in [6, 6.07) is 26.1. The van der Waals surface area contributed by atoms with Gasteiger partial charge in [-0.2, -0.15) is 10.2 Å². The molecule has 20 heteroatoms. The van der Waals surface area contributed by atoms with Gasteiger partial charge >= 0.3 is 18.3 Å². The van der Waals surface area contributed by atoms with Crippen molar-refractivity contribution >= 4 is 58.9 Å². The van der Waals surface area contributed by atoms with Crippen LogP contribution in [0, 0.1) is 12.3 Å². The average molecular weight is 1150 g/mol. The molecule has 0 spiro atoms. The highest BCUT2D eigenvalue weighted by molar-refractivity contribution is 6.31. The van der Waals surface area contributed by atoms with E-state index < -0.39 is 34.8 Å². The van der Waals surface area contributed by atoms with E-state index in [9.17, 15) is 19.2 Å². The van der Waals surface area contributed by atoms with Crippen molar-refractivity contribution in [3.05, 3.63) is 140 Å². The van der Waals surface area contributed by atoms with Gasteiger partial charge < -0.3 is 28.4 Å². The number of benzene rings is 3. The Morgan fingerprint density at radius 1 is 0.570 bits per heavy atom. The van der Waals surface area contributed by atoms with Gasteiger partial charge in [0.05, 0.1) is 69.0 Å². The van der Waals surface area contributed by atoms with Crippen molar-refractivity contribution < 1.29 is 47.6 Å². The first-order chi connectivity index (χ1) is 37.1. The summed E-state index contributed by atoms with van der Waals surface area (Å²) in [5.74, 6) is 1.58. The van der Waals surface area contributed by atoms with Crippen LogP contribution >= 0.6 is 34.8 Å². The van der Waals surface area contributed by atoms with Crippen molar-refractivity contribution in [2.75, 3.05) is 39.5 Å². The number of rotatable bonds is 9. The molecule has 3 aliphatic rings. The number of nitrogens with zero attached hydrogens (tertiary/aromatic N) is 7. The largest absolute Gasteiger partial charge is 0.444 e. The van der Waals surface area contributed by atoms with E-state index in [4.69, 9.17) is 69.6 Å². The summed E-state index contributed by atoms with van der Waals surface area (Å²) in [5, 5.41) is 10.7. The smallest absolute Gasteiger partial charge is 0.410 e. The number of aromatic nitrogens is 4. The Labute approximate surface area is 479 Å². The molecule has 0 radical (unpaired) electrons. The Morgan fingerprint density at radius 3 is 1.30 bits per heavy atom. The summed E-state index contributed by atoms with van der Waals surface area (Å²) in [5.41, 5.74) is 3.21. The number of hydrogen-bond acceptors (Lipinski definition) is 12. The Balaban J connectivity index is 0.000000192. The second-order valence-electron chi connectivity index (χ2n) is 22.6. The van der Waals surface area contributed by atoms with Crippen molar-refractivity contribution in [1.29, 1.82) is 0 Å². The predicted octanol–water partition coefficient (Wildman–Crippen LogP) is 11.1. The lowest BCUT2D eigenvalue weighted by Gasteiger charge is -2.40. The third-order valence-corrected chi connectivity index (χ3v) is 13.4. The number of Topliss-reactive ketones (excluding diaryl/α,β-unsaturated/α-hetero) is 1. The van der Waals surface area contributed by atoms with Gasteiger partial charge in [-0.15, -0.1) is 6.42 Å². The molecule has 5 aromatic rings. The molecule has 0 unspecified atom stereocenters. The number of carbonyl (C=O) groups is 4. The molecule has 17 nitrogen and oxygen atoms in total. The van der Waals surface area contributed by atoms with Crippen LogP contribution in [0.15, 0.2) is 97.3 Å². The lowest BCUT2D eigenvalue weighted by atomic mass is 10.0. The molecule has 3 aliphatic heterocycles. The first kappa shape index (κ1) is 62.1. The van der Waals surface area contributed by atoms with Crippen LogP contribution in [0.25, 0.3) is 0 Å². The van der Waals surface area contributed by atoms with Crippen LogP contribution in [0.1, 0.15) is 103 Å². The summed E-state index contributed by atoms with van der Waals surface area (Å²) in [6.07, 6.45) is 8.24. The van der Waals surface area contributed by atoms with Crippen LogP contribution in [-0.4, -0.2) is 139 Å². The van der Waals surface area contributed by atoms with E-state index in [1.54, 1.807) is 58.3 Å². The molecule has 0 N–H and O–H groups in total. The molecule has 2 aromatic heterocycles. The average Bonchev–Trinajstić information content (AvgIpc) is 4.03. The van der Waals surface area contributed by atoms with Gasteiger partial charge in [-0.1, -0.05) is 71.2 Å². The van der Waals surface area contributed by atoms with E-state index >= 15 is 0 Å². The highest BCUT2D eigenvalue weighted by Gasteiger charge is 2.40. The number of ether oxygens (including phenoxy) is 6. The zero-order valence-corrected chi connectivity index (χ0v) is 49.3. The highest BCUT2D eigenvalue weighted by Crippen LogP contribution is 2.30. The van der Waals surface area contributed by atoms with E-state index in [1.165, 1.54) is 4.90 Å². The van der Waals surface area contributed by atoms with Gasteiger partial charge in [0.15, 0.2) is 0 Å². The molecule has 3 saturated heterocycles. The van der Waals surface area contributed by atoms with Crippen LogP contribution in [0.2, 0.25) is 15.1 Å². The molecule has 426 valence electrons. The Bertz CT molecular complexity index is 2850. The predicted molar refractivity (Wildman–Crippen MR) is 303 cm³/mol. The van der Waals surface area contributed by atoms with Gasteiger partial charge in [-0.05, 0) is 153 Å². The molecule has 0 aliphatic carbocycles. The van der Waals surface area contributed by atoms with Gasteiger partial charge in [-0.25, -0.2) is 14.4 Å². The second-order valence-corrected chi connectivity index (χ2v) is 23.9. The number of terminal acetylenes is 1. The summed E-state index contributed by atoms with van der Waals surface area (Å²) in [4.78, 5) is 55.2. The molecule has 5 heterocycles. The highest BCUT2D eigenvalue weighted by atomic mass is 35.5. The van der Waals surface area contributed by atoms with Crippen molar-refractivity contribution in [3.63, 3.8) is 0 Å². The first-order valence-electron chi connectivity index (χ1n) is 26.2. The van der Waals surface area contributed by atoms with E-state index in [0.29, 0.717) is 60.6 Å². The molecule has 3 aromatic carbocycles. The summed E-state index contributed by atoms with van der Waals surface area (Å²) in [6.45, 7) is 18.6. The van der Waals surface area contributed by atoms with Crippen LogP contribution in [-0.2, 0) is 66.6 Å². The lowest BCUT2D eigenvalue weighted by molar-refractivity contribution is -0.133. The minimum Gasteiger partial charge on any atom is -0.444 e. The van der Waals surface area contributed by atoms with Crippen LogP contribution < -0.4 is 0 Å². The SMILES string of the molecule is C#CC(=O)[C@H]1CN(C(=O)OC(C)(C)C)[C@@H](Cc2ccc(Cl)cc2)CO1.Cn1ccc([C@H]2CN(C(=O)OC(C)(C)C)[C@@H](Cc3ccc(Cl)cc3)CO2)n1.Cn1nccc1[C@H]1CN(C(=O)OC(C)(C)C)[C@@H](Cc2ccc(Cl)cc2)CO1. The Hall–Kier alpha value is -6.13. The van der Waals surface area contributed by atoms with Crippen molar-refractivity contribution in [2.45, 2.75) is 135 Å². The van der Waals surface area contributed by atoms with Crippen molar-refractivity contribution in [2.24, 2.45) is 14.1 Å². The quantitative estimate of drug-likeness (QED) is 0.0779. The summed E-state index contributed by atoms with van der Waals surface area (Å²) in [7, 11) is 3.73. The zero-order valence-electron chi connectivity index (χ0n) is 47.0. The fourth-order valence-corrected chi connectivity index (χ4v) is 9.20. The standard InChI is InChI=1S/2C20H26ClN3O3.C19H22ClNO4/c1-20(2,3)27-19(25)24-12-18(17-9-10-23(4)22-17)26-13-16(24)11-14-5-7-15(21)8-6-14;1-20(2,3)27-19(25)24-12-18(17-9-10-22-23(17)4)26-13-16(24)11-14-5-7-15(21)8-6-14;1-5-16(22)17-11-21(18(23)25-19(2,3)4)15(12-24-17)10-13-6-8-14(20)9-7-13/h2*5-10,16,18H,11-13H2,1-4H3;1,6-9,15,17H,10-12H2,2-4H3/t2*16-,18+;15-,17+/m000/s1. The molecular formula is C59H74Cl3N7O10. The van der Waals surface area contributed by atoms with Gasteiger partial charge in [0, 0.05) is 41.6 Å². The number of hydrogen-bond donors (Lipinski definition) is 0. The molecule has 3 fully saturated rings. The fourth-order valence-electron chi connectivity index (χ4n) is 8.82. The molecule has 79 heavy (non-hydrogen) atoms. The first-order valence-corrected chi connectivity index (χ1v) is 27.3. The van der Waals surface area contributed by atoms with Crippen LogP contribution in [0.5, 0.6) is 0 Å². The monoisotopic (exact) mass is 1150 g/mol. The van der Waals surface area contributed by atoms with Crippen molar-refractivity contribution in [1.82, 2.24) is 34.3 Å². The van der Waals surface area contributed by atoms with Gasteiger partial charge in [0.1, 0.15) is 35.1 Å². The third-order valence-electron chi connectivity index (χ3n) is 12.6. The minimum atomic E-state index is -0.820. The normalized spacial score (nSPS) is 20.6. The Morgan fingerprint density at radius 2 is 0.949 bits per heavy atom. The van der Waals surface area contributed by atoms with Crippen LogP contribution in [0.4, 0.5) is 14.4 Å². The Kier molecular flexibility index (Phi) is 21.5. The number of amides is 3. The summed E-state index contributed by atoms with van der Waals surface area (Å²) < 4.78 is 38.0. The zero-order chi connectivity index (χ0) is 57.8. The fraction of sp³-hybridized carbons (Fsp3) is 0.492. The number of aryl methyl sites for hydroxylation is 2. The summed E-state index contributed by atoms with van der Waals surface area (Å²) >= 11 is 17.9. The lowest BCUT2D eigenvalue weighted by Crippen LogP contribution is -2.56. The maximum Gasteiger partial charge on any atom is 0.410 e. The molecule has 0 bridgehead atoms. The van der Waals surface area contributed by atoms with Crippen molar-refractivity contribution in [3.8, 4) is 12.3 Å². The number of ketones is 1.